The van der Waals surface area contributed by atoms with E-state index in [2.05, 4.69) is 33.6 Å². The average Bonchev–Trinajstić information content (AvgIpc) is 3.09. The molecule has 0 amide bonds. The fourth-order valence-electron chi connectivity index (χ4n) is 2.81. The molecule has 1 fully saturated rings. The van der Waals surface area contributed by atoms with Crippen LogP contribution in [0.4, 0.5) is 0 Å². The Morgan fingerprint density at radius 1 is 1.50 bits per heavy atom. The molecule has 108 valence electrons. The number of nitrogens with zero attached hydrogens (tertiary/aromatic N) is 2. The summed E-state index contributed by atoms with van der Waals surface area (Å²) in [6.07, 6.45) is 4.30. The summed E-state index contributed by atoms with van der Waals surface area (Å²) in [5.74, 6) is 0. The number of aliphatic hydroxyl groups excluding tert-OH is 1. The third-order valence-electron chi connectivity index (χ3n) is 3.94. The van der Waals surface area contributed by atoms with E-state index < -0.39 is 0 Å². The fraction of sp³-hybridized carbons (Fsp3) is 0.533. The molecule has 1 unspecified atom stereocenters. The van der Waals surface area contributed by atoms with E-state index in [0.717, 1.165) is 31.1 Å². The molecule has 0 aliphatic carbocycles. The van der Waals surface area contributed by atoms with Crippen LogP contribution >= 0.6 is 22.7 Å². The lowest BCUT2D eigenvalue weighted by Crippen LogP contribution is -2.42. The predicted octanol–water partition coefficient (Wildman–Crippen LogP) is 3.47. The predicted molar refractivity (Wildman–Crippen MR) is 85.1 cm³/mol. The van der Waals surface area contributed by atoms with Crippen LogP contribution in [-0.4, -0.2) is 34.7 Å². The maximum Gasteiger partial charge on any atom is 0.124 e. The van der Waals surface area contributed by atoms with E-state index in [1.807, 2.05) is 6.20 Å². The van der Waals surface area contributed by atoms with Gasteiger partial charge in [0.2, 0.25) is 0 Å². The molecular formula is C15H20N2OS2. The number of hydrogen-bond donors (Lipinski definition) is 1. The molecular weight excluding hydrogens is 288 g/mol. The van der Waals surface area contributed by atoms with Gasteiger partial charge in [-0.2, -0.15) is 11.3 Å². The summed E-state index contributed by atoms with van der Waals surface area (Å²) >= 11 is 3.49. The second kappa shape index (κ2) is 5.93. The monoisotopic (exact) mass is 308 g/mol. The zero-order chi connectivity index (χ0) is 14.0. The molecule has 1 atom stereocenters. The van der Waals surface area contributed by atoms with Gasteiger partial charge in [-0.15, -0.1) is 11.3 Å². The first-order valence-corrected chi connectivity index (χ1v) is 8.75. The van der Waals surface area contributed by atoms with Crippen molar-refractivity contribution in [3.05, 3.63) is 27.9 Å². The zero-order valence-electron chi connectivity index (χ0n) is 11.7. The van der Waals surface area contributed by atoms with E-state index >= 15 is 0 Å². The van der Waals surface area contributed by atoms with Crippen molar-refractivity contribution in [3.8, 4) is 10.6 Å². The standard InChI is InChI=1S/C15H20N2OS2/c1-15(11-18)4-2-5-17(10-15)8-13-7-16-14(20-13)12-3-6-19-9-12/h3,6-7,9,18H,2,4-5,8,10-11H2,1H3. The van der Waals surface area contributed by atoms with Crippen molar-refractivity contribution in [2.45, 2.75) is 26.3 Å². The largest absolute Gasteiger partial charge is 0.396 e. The van der Waals surface area contributed by atoms with Gasteiger partial charge in [-0.1, -0.05) is 6.92 Å². The summed E-state index contributed by atoms with van der Waals surface area (Å²) in [5.41, 5.74) is 1.30. The quantitative estimate of drug-likeness (QED) is 0.939. The Morgan fingerprint density at radius 3 is 3.15 bits per heavy atom. The summed E-state index contributed by atoms with van der Waals surface area (Å²) in [6.45, 7) is 5.53. The third-order valence-corrected chi connectivity index (χ3v) is 5.66. The molecule has 0 spiro atoms. The van der Waals surface area contributed by atoms with E-state index in [9.17, 15) is 5.11 Å². The second-order valence-corrected chi connectivity index (χ2v) is 7.82. The van der Waals surface area contributed by atoms with Crippen LogP contribution in [0.5, 0.6) is 0 Å². The summed E-state index contributed by atoms with van der Waals surface area (Å²) in [6, 6.07) is 2.12. The molecule has 0 radical (unpaired) electrons. The number of rotatable bonds is 4. The van der Waals surface area contributed by atoms with Crippen LogP contribution in [0.2, 0.25) is 0 Å². The minimum Gasteiger partial charge on any atom is -0.396 e. The molecule has 3 nitrogen and oxygen atoms in total. The van der Waals surface area contributed by atoms with Crippen molar-refractivity contribution in [2.75, 3.05) is 19.7 Å². The van der Waals surface area contributed by atoms with Crippen LogP contribution in [0, 0.1) is 5.41 Å². The van der Waals surface area contributed by atoms with E-state index in [0.29, 0.717) is 0 Å². The first-order valence-electron chi connectivity index (χ1n) is 6.99. The van der Waals surface area contributed by atoms with Gasteiger partial charge in [0.25, 0.3) is 0 Å². The van der Waals surface area contributed by atoms with Crippen LogP contribution < -0.4 is 0 Å². The van der Waals surface area contributed by atoms with Gasteiger partial charge >= 0.3 is 0 Å². The topological polar surface area (TPSA) is 36.4 Å². The van der Waals surface area contributed by atoms with Crippen LogP contribution in [0.15, 0.2) is 23.0 Å². The van der Waals surface area contributed by atoms with Gasteiger partial charge in [-0.05, 0) is 30.8 Å². The lowest BCUT2D eigenvalue weighted by molar-refractivity contribution is 0.0434. The summed E-state index contributed by atoms with van der Waals surface area (Å²) < 4.78 is 0. The van der Waals surface area contributed by atoms with Crippen molar-refractivity contribution in [1.29, 1.82) is 0 Å². The van der Waals surface area contributed by atoms with Crippen molar-refractivity contribution in [2.24, 2.45) is 5.41 Å². The van der Waals surface area contributed by atoms with Gasteiger partial charge in [-0.3, -0.25) is 4.90 Å². The molecule has 3 rings (SSSR count). The van der Waals surface area contributed by atoms with Gasteiger partial charge < -0.3 is 5.11 Å². The molecule has 1 N–H and O–H groups in total. The van der Waals surface area contributed by atoms with Gasteiger partial charge in [0.05, 0.1) is 0 Å². The lowest BCUT2D eigenvalue weighted by Gasteiger charge is -2.39. The smallest absolute Gasteiger partial charge is 0.124 e. The average molecular weight is 308 g/mol. The lowest BCUT2D eigenvalue weighted by atomic mass is 9.83. The van der Waals surface area contributed by atoms with Crippen LogP contribution in [-0.2, 0) is 6.54 Å². The Balaban J connectivity index is 1.66. The molecule has 5 heteroatoms. The highest BCUT2D eigenvalue weighted by Crippen LogP contribution is 2.32. The molecule has 1 aliphatic rings. The Hall–Kier alpha value is -0.750. The zero-order valence-corrected chi connectivity index (χ0v) is 13.3. The number of aliphatic hydroxyl groups is 1. The molecule has 2 aromatic heterocycles. The highest BCUT2D eigenvalue weighted by molar-refractivity contribution is 7.15. The number of piperidine rings is 1. The highest BCUT2D eigenvalue weighted by Gasteiger charge is 2.30. The van der Waals surface area contributed by atoms with Crippen LogP contribution in [0.1, 0.15) is 24.6 Å². The molecule has 2 aromatic rings. The molecule has 0 aromatic carbocycles. The maximum absolute atomic E-state index is 9.53. The fourth-order valence-corrected chi connectivity index (χ4v) is 4.48. The normalized spacial score (nSPS) is 24.1. The Morgan fingerprint density at radius 2 is 2.40 bits per heavy atom. The Kier molecular flexibility index (Phi) is 4.21. The summed E-state index contributed by atoms with van der Waals surface area (Å²) in [7, 11) is 0. The first-order chi connectivity index (χ1) is 9.68. The van der Waals surface area contributed by atoms with Crippen molar-refractivity contribution < 1.29 is 5.11 Å². The second-order valence-electron chi connectivity index (χ2n) is 5.93. The number of hydrogen-bond acceptors (Lipinski definition) is 5. The van der Waals surface area contributed by atoms with Gasteiger partial charge in [0.15, 0.2) is 0 Å². The number of likely N-dealkylation sites (tertiary alicyclic amines) is 1. The number of thiazole rings is 1. The van der Waals surface area contributed by atoms with Crippen molar-refractivity contribution in [1.82, 2.24) is 9.88 Å². The van der Waals surface area contributed by atoms with Crippen molar-refractivity contribution in [3.63, 3.8) is 0 Å². The summed E-state index contributed by atoms with van der Waals surface area (Å²) in [4.78, 5) is 8.29. The van der Waals surface area contributed by atoms with E-state index in [1.54, 1.807) is 22.7 Å². The highest BCUT2D eigenvalue weighted by atomic mass is 32.1. The van der Waals surface area contributed by atoms with Crippen LogP contribution in [0.3, 0.4) is 0 Å². The molecule has 1 saturated heterocycles. The SMILES string of the molecule is CC1(CO)CCCN(Cc2cnc(-c3ccsc3)s2)C1. The first kappa shape index (κ1) is 14.2. The van der Waals surface area contributed by atoms with E-state index in [4.69, 9.17) is 0 Å². The molecule has 20 heavy (non-hydrogen) atoms. The minimum absolute atomic E-state index is 0.0686. The van der Waals surface area contributed by atoms with Gasteiger partial charge in [0, 0.05) is 47.1 Å². The maximum atomic E-state index is 9.53. The van der Waals surface area contributed by atoms with Crippen molar-refractivity contribution >= 4 is 22.7 Å². The van der Waals surface area contributed by atoms with Gasteiger partial charge in [-0.25, -0.2) is 4.98 Å². The minimum atomic E-state index is 0.0686. The number of thiophene rings is 1. The summed E-state index contributed by atoms with van der Waals surface area (Å²) in [5, 5.41) is 14.9. The third kappa shape index (κ3) is 3.11. The molecule has 3 heterocycles. The van der Waals surface area contributed by atoms with E-state index in [1.165, 1.54) is 16.9 Å². The van der Waals surface area contributed by atoms with Gasteiger partial charge in [0.1, 0.15) is 5.01 Å². The Labute approximate surface area is 127 Å². The molecule has 1 aliphatic heterocycles. The number of aromatic nitrogens is 1. The molecule has 0 saturated carbocycles. The van der Waals surface area contributed by atoms with E-state index in [-0.39, 0.29) is 12.0 Å². The Bertz CT molecular complexity index is 552. The molecule has 0 bridgehead atoms. The van der Waals surface area contributed by atoms with Crippen LogP contribution in [0.25, 0.3) is 10.6 Å².